The first kappa shape index (κ1) is 66.6. The van der Waals surface area contributed by atoms with Crippen LogP contribution in [0.4, 0.5) is 0 Å². The number of likely N-dealkylation sites (N-methyl/N-ethyl adjacent to an activating group) is 1. The van der Waals surface area contributed by atoms with Crippen LogP contribution in [0, 0.1) is 0 Å². The van der Waals surface area contributed by atoms with E-state index in [1.165, 1.54) is 83.5 Å². The molecule has 0 saturated heterocycles. The molecule has 3 N–H and O–H groups in total. The summed E-state index contributed by atoms with van der Waals surface area (Å²) in [5.41, 5.74) is 0. The molecule has 1 amide bonds. The second-order valence-corrected chi connectivity index (χ2v) is 20.7. The molecule has 0 aromatic carbocycles. The van der Waals surface area contributed by atoms with Crippen molar-refractivity contribution in [2.75, 3.05) is 40.9 Å². The summed E-state index contributed by atoms with van der Waals surface area (Å²) in [4.78, 5) is 23.2. The summed E-state index contributed by atoms with van der Waals surface area (Å²) < 4.78 is 23.6. The standard InChI is InChI=1S/C61H103N2O6P/c1-6-8-10-12-14-16-18-20-22-24-26-27-28-29-30-31-32-33-34-35-37-39-41-43-45-47-49-51-53-55-61(65)62-59(58-69-70(66,67)68-57-56-63(3,4)5)60(64)54-52-50-48-46-44-42-40-38-36-25-23-21-19-17-15-13-11-9-7-2/h8,10,14,16,20,22,26-27,29-30,32-33,35,37,41,43-44,46-47,49,52,54,59-60,64H,6-7,9,11-13,15,17-19,21,23-25,28,31,34,36,38-40,42,45,48,50-51,53,55-58H2,1-5H3,(H-,62,65,66,67)/p+1/b10-8-,16-14-,22-20-,27-26-,30-29-,33-32-,37-35-,43-41-,46-44+,49-47-,54-52+. The van der Waals surface area contributed by atoms with E-state index in [9.17, 15) is 19.4 Å². The van der Waals surface area contributed by atoms with Gasteiger partial charge in [0.15, 0.2) is 0 Å². The number of quaternary nitrogens is 1. The van der Waals surface area contributed by atoms with E-state index in [2.05, 4.69) is 141 Å². The Kier molecular flexibility index (Phi) is 48.1. The quantitative estimate of drug-likeness (QED) is 0.0243. The minimum absolute atomic E-state index is 0.0374. The normalized spacial score (nSPS) is 15.0. The number of hydrogen-bond acceptors (Lipinski definition) is 5. The molecule has 0 aromatic rings. The number of aliphatic hydroxyl groups excluding tert-OH is 1. The number of phosphoric ester groups is 1. The van der Waals surface area contributed by atoms with Gasteiger partial charge in [-0.1, -0.05) is 225 Å². The van der Waals surface area contributed by atoms with Gasteiger partial charge in [0.25, 0.3) is 0 Å². The van der Waals surface area contributed by atoms with Crippen LogP contribution in [0.5, 0.6) is 0 Å². The first-order valence-electron chi connectivity index (χ1n) is 27.6. The van der Waals surface area contributed by atoms with E-state index in [4.69, 9.17) is 9.05 Å². The number of hydrogen-bond donors (Lipinski definition) is 3. The SMILES string of the molecule is CC/C=C\C/C=C\C/C=C\C/C=C\C/C=C\C/C=C\C/C=C\C/C=C\C/C=C\CCCC(=O)NC(COP(=O)(O)OCC[N+](C)(C)C)C(O)/C=C/CC/C=C/CCCCCCCCCCCCCCC. The fraction of sp³-hybridized carbons (Fsp3) is 0.623. The third kappa shape index (κ3) is 52.5. The van der Waals surface area contributed by atoms with E-state index in [-0.39, 0.29) is 25.5 Å². The van der Waals surface area contributed by atoms with Gasteiger partial charge in [0.2, 0.25) is 5.91 Å². The van der Waals surface area contributed by atoms with E-state index in [0.29, 0.717) is 17.4 Å². The molecule has 9 heteroatoms. The number of phosphoric acid groups is 1. The Balaban J connectivity index is 4.45. The topological polar surface area (TPSA) is 105 Å². The maximum Gasteiger partial charge on any atom is 0.472 e. The van der Waals surface area contributed by atoms with E-state index in [1.807, 2.05) is 27.2 Å². The highest BCUT2D eigenvalue weighted by Gasteiger charge is 2.27. The van der Waals surface area contributed by atoms with Gasteiger partial charge < -0.3 is 19.8 Å². The Bertz CT molecular complexity index is 1590. The van der Waals surface area contributed by atoms with Crippen LogP contribution in [0.15, 0.2) is 134 Å². The summed E-state index contributed by atoms with van der Waals surface area (Å²) in [6.45, 7) is 4.62. The van der Waals surface area contributed by atoms with E-state index < -0.39 is 20.0 Å². The molecule has 0 rings (SSSR count). The van der Waals surface area contributed by atoms with Crippen LogP contribution in [0.25, 0.3) is 0 Å². The number of allylic oxidation sites excluding steroid dienone is 21. The predicted molar refractivity (Wildman–Crippen MR) is 304 cm³/mol. The number of nitrogens with one attached hydrogen (secondary N) is 1. The minimum Gasteiger partial charge on any atom is -0.387 e. The molecule has 70 heavy (non-hydrogen) atoms. The zero-order chi connectivity index (χ0) is 51.3. The zero-order valence-electron chi connectivity index (χ0n) is 45.2. The lowest BCUT2D eigenvalue weighted by molar-refractivity contribution is -0.870. The van der Waals surface area contributed by atoms with Crippen molar-refractivity contribution in [3.63, 3.8) is 0 Å². The maximum absolute atomic E-state index is 12.9. The Morgan fingerprint density at radius 3 is 1.31 bits per heavy atom. The van der Waals surface area contributed by atoms with Crippen molar-refractivity contribution in [3.05, 3.63) is 134 Å². The molecule has 0 aliphatic carbocycles. The summed E-state index contributed by atoms with van der Waals surface area (Å²) in [5, 5.41) is 13.8. The minimum atomic E-state index is -4.38. The average molecular weight is 992 g/mol. The van der Waals surface area contributed by atoms with Gasteiger partial charge in [-0.15, -0.1) is 0 Å². The van der Waals surface area contributed by atoms with E-state index >= 15 is 0 Å². The van der Waals surface area contributed by atoms with Crippen LogP contribution >= 0.6 is 7.82 Å². The number of unbranched alkanes of at least 4 members (excludes halogenated alkanes) is 15. The van der Waals surface area contributed by atoms with Gasteiger partial charge in [0, 0.05) is 6.42 Å². The van der Waals surface area contributed by atoms with Crippen LogP contribution in [0.1, 0.15) is 194 Å². The molecule has 0 fully saturated rings. The lowest BCUT2D eigenvalue weighted by atomic mass is 10.0. The van der Waals surface area contributed by atoms with Crippen LogP contribution in [0.3, 0.4) is 0 Å². The monoisotopic (exact) mass is 992 g/mol. The number of aliphatic hydroxyl groups is 1. The molecule has 0 bridgehead atoms. The number of nitrogens with zero attached hydrogens (tertiary/aromatic N) is 1. The molecule has 0 spiro atoms. The highest BCUT2D eigenvalue weighted by atomic mass is 31.2. The highest BCUT2D eigenvalue weighted by Crippen LogP contribution is 2.43. The highest BCUT2D eigenvalue weighted by molar-refractivity contribution is 7.47. The van der Waals surface area contributed by atoms with E-state index in [0.717, 1.165) is 83.5 Å². The summed E-state index contributed by atoms with van der Waals surface area (Å²) in [6.07, 6.45) is 77.0. The average Bonchev–Trinajstić information content (AvgIpc) is 3.32. The van der Waals surface area contributed by atoms with Gasteiger partial charge >= 0.3 is 7.82 Å². The number of rotatable bonds is 48. The first-order chi connectivity index (χ1) is 34.0. The molecule has 0 aliphatic heterocycles. The molecule has 0 saturated carbocycles. The van der Waals surface area contributed by atoms with E-state index in [1.54, 1.807) is 6.08 Å². The Labute approximate surface area is 430 Å². The molecule has 0 aliphatic rings. The molecule has 8 nitrogen and oxygen atoms in total. The van der Waals surface area contributed by atoms with Crippen molar-refractivity contribution in [2.24, 2.45) is 0 Å². The van der Waals surface area contributed by atoms with Crippen molar-refractivity contribution in [1.29, 1.82) is 0 Å². The molecule has 0 radical (unpaired) electrons. The van der Waals surface area contributed by atoms with Crippen molar-refractivity contribution >= 4 is 13.7 Å². The van der Waals surface area contributed by atoms with Crippen LogP contribution in [-0.4, -0.2) is 73.4 Å². The maximum atomic E-state index is 12.9. The summed E-state index contributed by atoms with van der Waals surface area (Å²) in [5.74, 6) is -0.250. The predicted octanol–water partition coefficient (Wildman–Crippen LogP) is 16.8. The van der Waals surface area contributed by atoms with Crippen LogP contribution in [-0.2, 0) is 18.4 Å². The zero-order valence-corrected chi connectivity index (χ0v) is 46.1. The third-order valence-corrected chi connectivity index (χ3v) is 12.3. The van der Waals surface area contributed by atoms with Crippen molar-refractivity contribution in [3.8, 4) is 0 Å². The first-order valence-corrected chi connectivity index (χ1v) is 29.1. The molecule has 3 atom stereocenters. The molecular formula is C61H104N2O6P+. The summed E-state index contributed by atoms with van der Waals surface area (Å²) in [7, 11) is 1.50. The van der Waals surface area contributed by atoms with Crippen LogP contribution < -0.4 is 5.32 Å². The summed E-state index contributed by atoms with van der Waals surface area (Å²) >= 11 is 0. The second kappa shape index (κ2) is 50.6. The van der Waals surface area contributed by atoms with Crippen molar-refractivity contribution in [2.45, 2.75) is 206 Å². The number of carbonyl (C=O) groups is 1. The van der Waals surface area contributed by atoms with Crippen molar-refractivity contribution < 1.29 is 32.9 Å². The number of amides is 1. The van der Waals surface area contributed by atoms with Gasteiger partial charge in [-0.25, -0.2) is 4.57 Å². The van der Waals surface area contributed by atoms with Crippen LogP contribution in [0.2, 0.25) is 0 Å². The van der Waals surface area contributed by atoms with Gasteiger partial charge in [-0.05, 0) is 96.3 Å². The molecule has 0 heterocycles. The molecule has 398 valence electrons. The molecule has 3 unspecified atom stereocenters. The van der Waals surface area contributed by atoms with Crippen molar-refractivity contribution in [1.82, 2.24) is 5.32 Å². The van der Waals surface area contributed by atoms with Gasteiger partial charge in [-0.3, -0.25) is 13.8 Å². The fourth-order valence-electron chi connectivity index (χ4n) is 7.06. The van der Waals surface area contributed by atoms with Gasteiger partial charge in [0.05, 0.1) is 39.9 Å². The lowest BCUT2D eigenvalue weighted by Crippen LogP contribution is -2.45. The molecular weight excluding hydrogens is 888 g/mol. The Hall–Kier alpha value is -3.36. The Morgan fingerprint density at radius 1 is 0.500 bits per heavy atom. The smallest absolute Gasteiger partial charge is 0.387 e. The third-order valence-electron chi connectivity index (χ3n) is 11.4. The summed E-state index contributed by atoms with van der Waals surface area (Å²) in [6, 6.07) is -0.905. The fourth-order valence-corrected chi connectivity index (χ4v) is 7.79. The van der Waals surface area contributed by atoms with Gasteiger partial charge in [-0.2, -0.15) is 0 Å². The Morgan fingerprint density at radius 2 is 0.871 bits per heavy atom. The second-order valence-electron chi connectivity index (χ2n) is 19.2. The van der Waals surface area contributed by atoms with Gasteiger partial charge in [0.1, 0.15) is 13.2 Å². The molecule has 0 aromatic heterocycles. The number of carbonyl (C=O) groups excluding carboxylic acids is 1. The lowest BCUT2D eigenvalue weighted by Gasteiger charge is -2.25. The largest absolute Gasteiger partial charge is 0.472 e.